The SMILES string of the molecule is CC=O.CCCCCCCCCCCCO.CCCCCCCCCCCCOC(=O)CCCCC[N+](C)(C)[O-].CCCOC(=O)CCCCCN(C)C.CN(C)CCCCCC(=O)O.CN(C)CCCCCC(=O)O.NCCCCCC(=O)O.O.O=CO.OO. The number of carbonyl (C=O) groups excluding carboxylic acids is 3. The van der Waals surface area contributed by atoms with Crippen LogP contribution in [0.4, 0.5) is 0 Å². The van der Waals surface area contributed by atoms with E-state index in [1.807, 2.05) is 35.1 Å². The molecule has 11 N–H and O–H groups in total. The highest BCUT2D eigenvalue weighted by Gasteiger charge is 2.06. The summed E-state index contributed by atoms with van der Waals surface area (Å²) in [5, 5.41) is 63.6. The average molecular weight is 1320 g/mol. The van der Waals surface area contributed by atoms with E-state index in [0.29, 0.717) is 58.6 Å². The summed E-state index contributed by atoms with van der Waals surface area (Å²) in [6.07, 6.45) is 44.2. The number of hydrogen-bond acceptors (Lipinski definition) is 17. The Morgan fingerprint density at radius 3 is 0.945 bits per heavy atom. The Hall–Kier alpha value is -3.91. The molecule has 0 aromatic carbocycles. The van der Waals surface area contributed by atoms with Gasteiger partial charge in [0.2, 0.25) is 0 Å². The van der Waals surface area contributed by atoms with E-state index in [4.69, 9.17) is 60.8 Å². The van der Waals surface area contributed by atoms with Crippen LogP contribution in [0, 0.1) is 5.21 Å². The van der Waals surface area contributed by atoms with Gasteiger partial charge in [-0.3, -0.25) is 39.3 Å². The van der Waals surface area contributed by atoms with Crippen LogP contribution in [0.5, 0.6) is 0 Å². The summed E-state index contributed by atoms with van der Waals surface area (Å²) in [7, 11) is 15.5. The van der Waals surface area contributed by atoms with Gasteiger partial charge < -0.3 is 75.6 Å². The summed E-state index contributed by atoms with van der Waals surface area (Å²) in [6.45, 7) is 13.7. The van der Waals surface area contributed by atoms with Gasteiger partial charge >= 0.3 is 29.8 Å². The lowest BCUT2D eigenvalue weighted by Gasteiger charge is -2.33. The molecule has 0 aliphatic rings. The molecular weight excluding hydrogens is 1170 g/mol. The highest BCUT2D eigenvalue weighted by atomic mass is 17.0. The third-order valence-corrected chi connectivity index (χ3v) is 12.9. The van der Waals surface area contributed by atoms with Gasteiger partial charge in [-0.15, -0.1) is 0 Å². The van der Waals surface area contributed by atoms with Crippen molar-refractivity contribution < 1.29 is 89.2 Å². The highest BCUT2D eigenvalue weighted by molar-refractivity contribution is 5.69. The first kappa shape index (κ1) is 109. The molecule has 91 heavy (non-hydrogen) atoms. The lowest BCUT2D eigenvalue weighted by Crippen LogP contribution is -2.32. The van der Waals surface area contributed by atoms with Crippen molar-refractivity contribution in [3.8, 4) is 0 Å². The largest absolute Gasteiger partial charge is 0.633 e. The Morgan fingerprint density at radius 2 is 0.681 bits per heavy atom. The lowest BCUT2D eigenvalue weighted by atomic mass is 10.1. The number of nitrogens with zero attached hydrogens (tertiary/aromatic N) is 4. The standard InChI is InChI=1S/C20H41NO3.C12H26O.C11H23NO2.2C8H17NO2.C6H13NO2.C2H4O.CH2O2.H2O2.H2O/c1-4-5-6-7-8-9-10-11-12-16-19-24-20(22)17-14-13-15-18-21(2,3)23;1-2-3-4-5-6-7-8-9-10-11-12-13;1-4-10-14-11(13)8-6-5-7-9-12(2)3;2*1-9(2)7-5-3-4-6-8(10)11;7-5-3-1-2-4-6(8)9;1-2-3;2-1-3;1-2;/h4-19H2,1-3H3;13H,2-12H2,1H3;4-10H2,1-3H3;2*3-7H2,1-2H3,(H,10,11);1-5,7H2,(H,8,9);2H,1H3;1H,(H,2,3);1-2H;1H2. The van der Waals surface area contributed by atoms with E-state index >= 15 is 0 Å². The van der Waals surface area contributed by atoms with Gasteiger partial charge in [-0.1, -0.05) is 162 Å². The fourth-order valence-corrected chi connectivity index (χ4v) is 7.91. The van der Waals surface area contributed by atoms with Gasteiger partial charge in [-0.2, -0.15) is 0 Å². The smallest absolute Gasteiger partial charge is 0.305 e. The third-order valence-electron chi connectivity index (χ3n) is 12.9. The molecule has 0 aromatic heterocycles. The van der Waals surface area contributed by atoms with Gasteiger partial charge in [0.1, 0.15) is 6.29 Å². The molecule has 0 saturated carbocycles. The predicted molar refractivity (Wildman–Crippen MR) is 373 cm³/mol. The Bertz CT molecular complexity index is 1370. The number of carbonyl (C=O) groups is 7. The fourth-order valence-electron chi connectivity index (χ4n) is 7.91. The maximum absolute atomic E-state index is 11.6. The van der Waals surface area contributed by atoms with Crippen LogP contribution in [0.15, 0.2) is 0 Å². The van der Waals surface area contributed by atoms with E-state index in [-0.39, 0.29) is 35.0 Å². The molecule has 0 aromatic rings. The van der Waals surface area contributed by atoms with Crippen LogP contribution in [-0.2, 0) is 43.0 Å². The Labute approximate surface area is 555 Å². The van der Waals surface area contributed by atoms with Gasteiger partial charge in [0.05, 0.1) is 33.9 Å². The van der Waals surface area contributed by atoms with Crippen molar-refractivity contribution in [1.82, 2.24) is 14.7 Å². The van der Waals surface area contributed by atoms with Gasteiger partial charge in [0, 0.05) is 38.7 Å². The van der Waals surface area contributed by atoms with Crippen LogP contribution in [0.2, 0.25) is 0 Å². The van der Waals surface area contributed by atoms with Crippen molar-refractivity contribution in [2.24, 2.45) is 5.73 Å². The Kier molecular flexibility index (Phi) is 119. The molecule has 0 aliphatic carbocycles. The fraction of sp³-hybridized carbons (Fsp3) is 0.897. The maximum Gasteiger partial charge on any atom is 0.305 e. The van der Waals surface area contributed by atoms with Crippen LogP contribution in [0.25, 0.3) is 0 Å². The summed E-state index contributed by atoms with van der Waals surface area (Å²) in [6, 6.07) is 0. The van der Waals surface area contributed by atoms with E-state index < -0.39 is 17.9 Å². The summed E-state index contributed by atoms with van der Waals surface area (Å²) >= 11 is 0. The Balaban J connectivity index is -0.000000108. The van der Waals surface area contributed by atoms with E-state index in [1.54, 1.807) is 14.1 Å². The first-order valence-electron chi connectivity index (χ1n) is 34.3. The first-order valence-corrected chi connectivity index (χ1v) is 34.3. The molecule has 0 aliphatic heterocycles. The molecule has 23 heteroatoms. The first-order chi connectivity index (χ1) is 42.9. The van der Waals surface area contributed by atoms with Crippen LogP contribution in [-0.4, -0.2) is 212 Å². The number of ether oxygens (including phenoxy) is 2. The number of aliphatic carboxylic acids is 3. The van der Waals surface area contributed by atoms with E-state index in [1.165, 1.54) is 122 Å². The molecular formula is C68H147N5O18. The van der Waals surface area contributed by atoms with Crippen LogP contribution in [0.1, 0.15) is 291 Å². The predicted octanol–water partition coefficient (Wildman–Crippen LogP) is 13.6. The zero-order valence-corrected chi connectivity index (χ0v) is 60.4. The van der Waals surface area contributed by atoms with Crippen molar-refractivity contribution in [3.63, 3.8) is 0 Å². The molecule has 0 unspecified atom stereocenters. The third kappa shape index (κ3) is 158. The van der Waals surface area contributed by atoms with E-state index in [9.17, 15) is 29.2 Å². The molecule has 0 bridgehead atoms. The molecule has 0 rings (SSSR count). The maximum atomic E-state index is 11.6. The second kappa shape index (κ2) is 99.6. The van der Waals surface area contributed by atoms with Crippen molar-refractivity contribution in [1.29, 1.82) is 0 Å². The zero-order valence-electron chi connectivity index (χ0n) is 60.4. The molecule has 552 valence electrons. The number of esters is 2. The molecule has 0 atom stereocenters. The topological polar surface area (TPSA) is 370 Å². The molecule has 0 spiro atoms. The normalized spacial score (nSPS) is 10.0. The van der Waals surface area contributed by atoms with Crippen molar-refractivity contribution in [2.45, 2.75) is 291 Å². The molecule has 0 heterocycles. The number of carboxylic acid groups (broad SMARTS) is 4. The molecule has 0 radical (unpaired) electrons. The number of hydrogen-bond donors (Lipinski definition) is 8. The minimum absolute atomic E-state index is 0. The molecule has 0 fully saturated rings. The molecule has 0 amide bonds. The second-order valence-electron chi connectivity index (χ2n) is 23.6. The highest BCUT2D eigenvalue weighted by Crippen LogP contribution is 2.13. The summed E-state index contributed by atoms with van der Waals surface area (Å²) in [5.41, 5.74) is 5.20. The number of aliphatic hydroxyl groups excluding tert-OH is 1. The van der Waals surface area contributed by atoms with Gasteiger partial charge in [-0.25, -0.2) is 0 Å². The number of nitrogens with two attached hydrogens (primary N) is 1. The zero-order chi connectivity index (χ0) is 70.6. The summed E-state index contributed by atoms with van der Waals surface area (Å²) in [5.74, 6) is -2.21. The molecule has 23 nitrogen and oxygen atoms in total. The van der Waals surface area contributed by atoms with Crippen LogP contribution < -0.4 is 5.73 Å². The minimum Gasteiger partial charge on any atom is -0.633 e. The monoisotopic (exact) mass is 1320 g/mol. The van der Waals surface area contributed by atoms with Gasteiger partial charge in [0.15, 0.2) is 0 Å². The lowest BCUT2D eigenvalue weighted by molar-refractivity contribution is -0.840. The van der Waals surface area contributed by atoms with Crippen molar-refractivity contribution in [2.75, 3.05) is 109 Å². The van der Waals surface area contributed by atoms with Gasteiger partial charge in [-0.05, 0) is 165 Å². The number of aliphatic hydroxyl groups is 1. The quantitative estimate of drug-likeness (QED) is 0.00700. The van der Waals surface area contributed by atoms with Gasteiger partial charge in [0.25, 0.3) is 6.47 Å². The van der Waals surface area contributed by atoms with Crippen molar-refractivity contribution >= 4 is 42.6 Å². The Morgan fingerprint density at radius 1 is 0.429 bits per heavy atom. The number of hydroxylamine groups is 3. The number of aldehydes is 1. The molecule has 0 saturated heterocycles. The average Bonchev–Trinajstić information content (AvgIpc) is 3.58. The number of rotatable bonds is 52. The number of carboxylic acids is 3. The van der Waals surface area contributed by atoms with Crippen molar-refractivity contribution in [3.05, 3.63) is 5.21 Å². The van der Waals surface area contributed by atoms with E-state index in [2.05, 4.69) is 42.6 Å². The number of unbranched alkanes of at least 4 members (excludes halogenated alkanes) is 28. The summed E-state index contributed by atoms with van der Waals surface area (Å²) < 4.78 is 9.98. The van der Waals surface area contributed by atoms with Crippen LogP contribution >= 0.6 is 0 Å². The van der Waals surface area contributed by atoms with Crippen LogP contribution in [0.3, 0.4) is 0 Å². The van der Waals surface area contributed by atoms with E-state index in [0.717, 1.165) is 141 Å². The minimum atomic E-state index is -0.716. The number of quaternary nitrogens is 1. The second-order valence-corrected chi connectivity index (χ2v) is 23.6. The summed E-state index contributed by atoms with van der Waals surface area (Å²) in [4.78, 5) is 76.3.